The summed E-state index contributed by atoms with van der Waals surface area (Å²) in [5.41, 5.74) is 3.26. The van der Waals surface area contributed by atoms with Gasteiger partial charge in [0.05, 0.1) is 17.9 Å². The average molecular weight is 332 g/mol. The van der Waals surface area contributed by atoms with Crippen molar-refractivity contribution in [2.24, 2.45) is 12.0 Å². The minimum atomic E-state index is 0.392. The molecule has 0 bridgehead atoms. The molecule has 0 spiro atoms. The Morgan fingerprint density at radius 1 is 1.42 bits per heavy atom. The molecule has 0 fully saturated rings. The van der Waals surface area contributed by atoms with E-state index in [1.54, 1.807) is 7.05 Å². The highest BCUT2D eigenvalue weighted by Crippen LogP contribution is 2.18. The third-order valence-corrected chi connectivity index (χ3v) is 3.94. The maximum Gasteiger partial charge on any atom is 0.214 e. The lowest BCUT2D eigenvalue weighted by Crippen LogP contribution is -2.38. The van der Waals surface area contributed by atoms with E-state index in [2.05, 4.69) is 45.3 Å². The highest BCUT2D eigenvalue weighted by atomic mass is 16.4. The van der Waals surface area contributed by atoms with Crippen LogP contribution in [0, 0.1) is 13.8 Å². The molecule has 0 atom stereocenters. The summed E-state index contributed by atoms with van der Waals surface area (Å²) in [6.07, 6.45) is 2.07. The molecule has 0 unspecified atom stereocenters. The van der Waals surface area contributed by atoms with Crippen LogP contribution in [0.25, 0.3) is 0 Å². The lowest BCUT2D eigenvalue weighted by atomic mass is 10.1. The Morgan fingerprint density at radius 2 is 2.12 bits per heavy atom. The molecule has 0 saturated carbocycles. The first kappa shape index (κ1) is 18.0. The molecule has 7 heteroatoms. The third-order valence-electron chi connectivity index (χ3n) is 3.94. The summed E-state index contributed by atoms with van der Waals surface area (Å²) in [5.74, 6) is 2.71. The minimum Gasteiger partial charge on any atom is -0.444 e. The molecular formula is C17H28N6O. The van der Waals surface area contributed by atoms with Gasteiger partial charge in [0.15, 0.2) is 5.96 Å². The van der Waals surface area contributed by atoms with Crippen molar-refractivity contribution < 1.29 is 4.42 Å². The lowest BCUT2D eigenvalue weighted by molar-refractivity contribution is 0.441. The second-order valence-electron chi connectivity index (χ2n) is 6.37. The number of hydrogen-bond donors (Lipinski definition) is 1. The highest BCUT2D eigenvalue weighted by Gasteiger charge is 2.15. The highest BCUT2D eigenvalue weighted by molar-refractivity contribution is 5.79. The summed E-state index contributed by atoms with van der Waals surface area (Å²) >= 11 is 0. The van der Waals surface area contributed by atoms with Crippen molar-refractivity contribution in [3.8, 4) is 0 Å². The smallest absolute Gasteiger partial charge is 0.214 e. The minimum absolute atomic E-state index is 0.392. The molecule has 1 N–H and O–H groups in total. The summed E-state index contributed by atoms with van der Waals surface area (Å²) in [5, 5.41) is 7.85. The zero-order valence-corrected chi connectivity index (χ0v) is 15.7. The number of aromatic nitrogens is 3. The molecule has 0 aliphatic rings. The van der Waals surface area contributed by atoms with Gasteiger partial charge in [-0.15, -0.1) is 0 Å². The summed E-state index contributed by atoms with van der Waals surface area (Å²) in [7, 11) is 5.74. The quantitative estimate of drug-likeness (QED) is 0.672. The van der Waals surface area contributed by atoms with E-state index in [0.29, 0.717) is 18.4 Å². The maximum atomic E-state index is 5.60. The number of guanidine groups is 1. The molecule has 7 nitrogen and oxygen atoms in total. The van der Waals surface area contributed by atoms with Crippen molar-refractivity contribution in [3.05, 3.63) is 34.8 Å². The summed E-state index contributed by atoms with van der Waals surface area (Å²) in [4.78, 5) is 10.8. The monoisotopic (exact) mass is 332 g/mol. The first-order valence-corrected chi connectivity index (χ1v) is 8.19. The van der Waals surface area contributed by atoms with Gasteiger partial charge in [-0.25, -0.2) is 4.98 Å². The van der Waals surface area contributed by atoms with E-state index in [1.807, 2.05) is 32.6 Å². The fourth-order valence-electron chi connectivity index (χ4n) is 2.65. The van der Waals surface area contributed by atoms with Crippen LogP contribution < -0.4 is 5.32 Å². The second-order valence-corrected chi connectivity index (χ2v) is 6.37. The van der Waals surface area contributed by atoms with Crippen molar-refractivity contribution in [2.45, 2.75) is 46.7 Å². The van der Waals surface area contributed by atoms with Crippen LogP contribution in [0.5, 0.6) is 0 Å². The Hall–Kier alpha value is -2.31. The number of aliphatic imine (C=N–C) groups is 1. The van der Waals surface area contributed by atoms with E-state index >= 15 is 0 Å². The number of aryl methyl sites for hydroxylation is 3. The van der Waals surface area contributed by atoms with Gasteiger partial charge in [-0.3, -0.25) is 9.67 Å². The predicted octanol–water partition coefficient (Wildman–Crippen LogP) is 2.36. The lowest BCUT2D eigenvalue weighted by Gasteiger charge is -2.21. The van der Waals surface area contributed by atoms with Gasteiger partial charge >= 0.3 is 0 Å². The molecule has 0 amide bonds. The van der Waals surface area contributed by atoms with Crippen LogP contribution in [-0.2, 0) is 20.1 Å². The van der Waals surface area contributed by atoms with Crippen LogP contribution in [0.4, 0.5) is 0 Å². The van der Waals surface area contributed by atoms with Crippen LogP contribution in [0.1, 0.15) is 48.4 Å². The third kappa shape index (κ3) is 4.15. The Labute approximate surface area is 143 Å². The van der Waals surface area contributed by atoms with E-state index in [0.717, 1.165) is 29.7 Å². The Balaban J connectivity index is 2.02. The SMILES string of the molecule is CN=C(NCc1nc(C)c(C)o1)N(C)Cc1cn(C)nc1C(C)C. The van der Waals surface area contributed by atoms with Crippen molar-refractivity contribution in [1.82, 2.24) is 25.0 Å². The maximum absolute atomic E-state index is 5.60. The van der Waals surface area contributed by atoms with Crippen LogP contribution in [-0.4, -0.2) is 39.7 Å². The molecular weight excluding hydrogens is 304 g/mol. The van der Waals surface area contributed by atoms with Gasteiger partial charge in [-0.1, -0.05) is 13.8 Å². The van der Waals surface area contributed by atoms with Gasteiger partial charge in [0.1, 0.15) is 5.76 Å². The summed E-state index contributed by atoms with van der Waals surface area (Å²) < 4.78 is 7.47. The molecule has 0 saturated heterocycles. The normalized spacial score (nSPS) is 12.1. The fourth-order valence-corrected chi connectivity index (χ4v) is 2.65. The molecule has 2 aromatic rings. The molecule has 0 aliphatic carbocycles. The van der Waals surface area contributed by atoms with Gasteiger partial charge in [0.25, 0.3) is 0 Å². The molecule has 2 rings (SSSR count). The standard InChI is InChI=1S/C17H28N6O/c1-11(2)16-14(10-23(7)21-16)9-22(6)17(18-5)19-8-15-20-12(3)13(4)24-15/h10-11H,8-9H2,1-7H3,(H,18,19). The van der Waals surface area contributed by atoms with Crippen molar-refractivity contribution in [1.29, 1.82) is 0 Å². The Kier molecular flexibility index (Phi) is 5.64. The van der Waals surface area contributed by atoms with Crippen molar-refractivity contribution in [2.75, 3.05) is 14.1 Å². The fraction of sp³-hybridized carbons (Fsp3) is 0.588. The first-order chi connectivity index (χ1) is 11.3. The van der Waals surface area contributed by atoms with Crippen molar-refractivity contribution >= 4 is 5.96 Å². The van der Waals surface area contributed by atoms with Crippen molar-refractivity contribution in [3.63, 3.8) is 0 Å². The predicted molar refractivity (Wildman–Crippen MR) is 94.9 cm³/mol. The molecule has 2 aromatic heterocycles. The number of hydrogen-bond acceptors (Lipinski definition) is 4. The zero-order valence-electron chi connectivity index (χ0n) is 15.7. The van der Waals surface area contributed by atoms with Gasteiger partial charge < -0.3 is 14.6 Å². The van der Waals surface area contributed by atoms with E-state index in [-0.39, 0.29) is 0 Å². The van der Waals surface area contributed by atoms with E-state index in [1.165, 1.54) is 5.56 Å². The molecule has 132 valence electrons. The zero-order chi connectivity index (χ0) is 17.9. The largest absolute Gasteiger partial charge is 0.444 e. The molecule has 0 aromatic carbocycles. The van der Waals surface area contributed by atoms with E-state index in [4.69, 9.17) is 4.42 Å². The molecule has 24 heavy (non-hydrogen) atoms. The number of nitrogens with one attached hydrogen (secondary N) is 1. The number of rotatable bonds is 5. The van der Waals surface area contributed by atoms with Crippen LogP contribution in [0.2, 0.25) is 0 Å². The van der Waals surface area contributed by atoms with Gasteiger partial charge in [-0.05, 0) is 19.8 Å². The second kappa shape index (κ2) is 7.51. The average Bonchev–Trinajstić information content (AvgIpc) is 3.02. The van der Waals surface area contributed by atoms with E-state index < -0.39 is 0 Å². The van der Waals surface area contributed by atoms with Crippen LogP contribution in [0.15, 0.2) is 15.6 Å². The van der Waals surface area contributed by atoms with Crippen LogP contribution in [0.3, 0.4) is 0 Å². The number of nitrogens with zero attached hydrogens (tertiary/aromatic N) is 5. The molecule has 0 radical (unpaired) electrons. The van der Waals surface area contributed by atoms with Gasteiger partial charge in [-0.2, -0.15) is 5.10 Å². The number of oxazole rings is 1. The van der Waals surface area contributed by atoms with Gasteiger partial charge in [0, 0.05) is 39.4 Å². The summed E-state index contributed by atoms with van der Waals surface area (Å²) in [6, 6.07) is 0. The Morgan fingerprint density at radius 3 is 2.67 bits per heavy atom. The molecule has 0 aliphatic heterocycles. The topological polar surface area (TPSA) is 71.5 Å². The Bertz CT molecular complexity index is 693. The first-order valence-electron chi connectivity index (χ1n) is 8.19. The van der Waals surface area contributed by atoms with Gasteiger partial charge in [0.2, 0.25) is 5.89 Å². The summed E-state index contributed by atoms with van der Waals surface area (Å²) in [6.45, 7) is 9.43. The van der Waals surface area contributed by atoms with Crippen LogP contribution >= 0.6 is 0 Å². The van der Waals surface area contributed by atoms with E-state index in [9.17, 15) is 0 Å². The molecule has 2 heterocycles.